The summed E-state index contributed by atoms with van der Waals surface area (Å²) >= 11 is 0. The van der Waals surface area contributed by atoms with Crippen LogP contribution in [0.3, 0.4) is 0 Å². The Morgan fingerprint density at radius 1 is 1.08 bits per heavy atom. The Morgan fingerprint density at radius 2 is 1.69 bits per heavy atom. The second kappa shape index (κ2) is 9.69. The highest BCUT2D eigenvalue weighted by Gasteiger charge is 2.29. The van der Waals surface area contributed by atoms with Crippen molar-refractivity contribution in [1.82, 2.24) is 5.32 Å². The molecule has 0 aromatic heterocycles. The molecule has 0 saturated heterocycles. The van der Waals surface area contributed by atoms with Crippen LogP contribution in [0.4, 0.5) is 13.2 Å². The fourth-order valence-electron chi connectivity index (χ4n) is 2.47. The number of nitrogens with one attached hydrogen (secondary N) is 1. The van der Waals surface area contributed by atoms with Gasteiger partial charge in [0.1, 0.15) is 0 Å². The van der Waals surface area contributed by atoms with Crippen molar-refractivity contribution in [1.29, 1.82) is 0 Å². The maximum atomic E-state index is 12.5. The van der Waals surface area contributed by atoms with E-state index in [1.54, 1.807) is 12.1 Å². The fourth-order valence-corrected chi connectivity index (χ4v) is 2.47. The predicted octanol–water partition coefficient (Wildman–Crippen LogP) is 1.53. The largest absolute Gasteiger partial charge is 1.00 e. The minimum atomic E-state index is -4.30. The van der Waals surface area contributed by atoms with Gasteiger partial charge in [-0.3, -0.25) is 0 Å². The van der Waals surface area contributed by atoms with Gasteiger partial charge in [-0.15, -0.1) is 0 Å². The molecule has 0 aliphatic heterocycles. The van der Waals surface area contributed by atoms with Crippen LogP contribution in [-0.4, -0.2) is 18.3 Å². The van der Waals surface area contributed by atoms with Crippen LogP contribution in [0, 0.1) is 0 Å². The average Bonchev–Trinajstić information content (AvgIpc) is 2.58. The van der Waals surface area contributed by atoms with Crippen molar-refractivity contribution in [2.24, 2.45) is 0 Å². The smallest absolute Gasteiger partial charge is 0.416 e. The van der Waals surface area contributed by atoms with Crippen LogP contribution < -0.4 is 22.5 Å². The zero-order chi connectivity index (χ0) is 18.4. The van der Waals surface area contributed by atoms with Gasteiger partial charge in [-0.2, -0.15) is 13.2 Å². The summed E-state index contributed by atoms with van der Waals surface area (Å²) in [5.74, 6) is 0.558. The summed E-state index contributed by atoms with van der Waals surface area (Å²) in [6.07, 6.45) is -2.64. The normalized spacial score (nSPS) is 12.3. The first kappa shape index (κ1) is 22.1. The van der Waals surface area contributed by atoms with E-state index in [9.17, 15) is 18.3 Å². The lowest BCUT2D eigenvalue weighted by atomic mass is 10.0. The van der Waals surface area contributed by atoms with Gasteiger partial charge in [-0.05, 0) is 55.2 Å². The number of aromatic hydroxyl groups is 1. The first-order valence-electron chi connectivity index (χ1n) is 8.05. The number of hydrogen-bond donors (Lipinski definition) is 2. The fraction of sp³-hybridized carbons (Fsp3) is 0.368. The molecule has 3 nitrogen and oxygen atoms in total. The van der Waals surface area contributed by atoms with E-state index < -0.39 is 11.7 Å². The number of methoxy groups -OCH3 is 1. The van der Waals surface area contributed by atoms with Crippen LogP contribution in [0.1, 0.15) is 30.0 Å². The van der Waals surface area contributed by atoms with Crippen LogP contribution in [0.15, 0.2) is 42.5 Å². The Labute approximate surface area is 157 Å². The van der Waals surface area contributed by atoms with Crippen molar-refractivity contribution >= 4 is 0 Å². The molecule has 1 atom stereocenters. The summed E-state index contributed by atoms with van der Waals surface area (Å²) in [6, 6.07) is 10.6. The van der Waals surface area contributed by atoms with Crippen molar-refractivity contribution < 1.29 is 35.4 Å². The van der Waals surface area contributed by atoms with Gasteiger partial charge < -0.3 is 27.6 Å². The molecule has 2 aromatic rings. The van der Waals surface area contributed by atoms with Gasteiger partial charge >= 0.3 is 6.18 Å². The molecule has 0 aliphatic rings. The number of ether oxygens (including phenoxy) is 1. The average molecular weight is 389 g/mol. The van der Waals surface area contributed by atoms with Crippen molar-refractivity contribution in [2.75, 3.05) is 7.11 Å². The molecule has 144 valence electrons. The standard InChI is InChI=1S/C19H22F3NO2.ClH/c1-13(3-4-14-7-10-17(24)18(11-14)25-2)23-12-15-5-8-16(9-6-15)19(20,21)22;/h5-11,13,23-24H,3-4,12H2,1-2H3;1H/p-1/t13-;/m1./s1. The van der Waals surface area contributed by atoms with Crippen LogP contribution in [-0.2, 0) is 19.1 Å². The Balaban J connectivity index is 0.00000338. The minimum Gasteiger partial charge on any atom is -1.00 e. The van der Waals surface area contributed by atoms with E-state index in [0.29, 0.717) is 12.3 Å². The maximum Gasteiger partial charge on any atom is 0.416 e. The Bertz CT molecular complexity index is 690. The second-order valence-electron chi connectivity index (χ2n) is 6.02. The Hall–Kier alpha value is -1.92. The molecule has 0 bridgehead atoms. The molecule has 0 spiro atoms. The molecule has 2 N–H and O–H groups in total. The third kappa shape index (κ3) is 6.42. The van der Waals surface area contributed by atoms with Gasteiger partial charge in [-0.25, -0.2) is 0 Å². The SMILES string of the molecule is COc1cc(CC[C@@H](C)NCc2ccc(C(F)(F)F)cc2)ccc1O.[Cl-]. The molecule has 26 heavy (non-hydrogen) atoms. The third-order valence-electron chi connectivity index (χ3n) is 4.05. The number of phenols is 1. The highest BCUT2D eigenvalue weighted by molar-refractivity contribution is 5.41. The Morgan fingerprint density at radius 3 is 2.27 bits per heavy atom. The lowest BCUT2D eigenvalue weighted by Crippen LogP contribution is -3.00. The molecule has 7 heteroatoms. The monoisotopic (exact) mass is 388 g/mol. The number of benzene rings is 2. The van der Waals surface area contributed by atoms with Crippen molar-refractivity contribution in [3.8, 4) is 11.5 Å². The third-order valence-corrected chi connectivity index (χ3v) is 4.05. The molecule has 0 fully saturated rings. The highest BCUT2D eigenvalue weighted by Crippen LogP contribution is 2.29. The summed E-state index contributed by atoms with van der Waals surface area (Å²) in [7, 11) is 1.51. The van der Waals surface area contributed by atoms with Gasteiger partial charge in [-0.1, -0.05) is 18.2 Å². The second-order valence-corrected chi connectivity index (χ2v) is 6.02. The first-order valence-corrected chi connectivity index (χ1v) is 8.05. The number of alkyl halides is 3. The number of aryl methyl sites for hydroxylation is 1. The molecule has 2 aromatic carbocycles. The van der Waals surface area contributed by atoms with Crippen molar-refractivity contribution in [3.05, 3.63) is 59.2 Å². The zero-order valence-corrected chi connectivity index (χ0v) is 15.4. The zero-order valence-electron chi connectivity index (χ0n) is 14.6. The number of phenolic OH excluding ortho intramolecular Hbond substituents is 1. The van der Waals surface area contributed by atoms with E-state index in [-0.39, 0.29) is 24.2 Å². The molecule has 0 saturated carbocycles. The molecule has 0 radical (unpaired) electrons. The minimum absolute atomic E-state index is 0. The van der Waals surface area contributed by atoms with E-state index >= 15 is 0 Å². The van der Waals surface area contributed by atoms with Crippen LogP contribution in [0.2, 0.25) is 0 Å². The quantitative estimate of drug-likeness (QED) is 0.756. The highest BCUT2D eigenvalue weighted by atomic mass is 35.5. The molecular formula is C19H22ClF3NO2-. The number of rotatable bonds is 7. The lowest BCUT2D eigenvalue weighted by Gasteiger charge is -2.15. The topological polar surface area (TPSA) is 41.5 Å². The van der Waals surface area contributed by atoms with E-state index in [0.717, 1.165) is 36.1 Å². The van der Waals surface area contributed by atoms with Crippen molar-refractivity contribution in [3.63, 3.8) is 0 Å². The molecule has 0 heterocycles. The van der Waals surface area contributed by atoms with E-state index in [1.165, 1.54) is 19.2 Å². The maximum absolute atomic E-state index is 12.5. The van der Waals surface area contributed by atoms with Gasteiger partial charge in [0.15, 0.2) is 11.5 Å². The summed E-state index contributed by atoms with van der Waals surface area (Å²) in [6.45, 7) is 2.54. The van der Waals surface area contributed by atoms with Crippen molar-refractivity contribution in [2.45, 2.75) is 38.5 Å². The van der Waals surface area contributed by atoms with Gasteiger partial charge in [0, 0.05) is 12.6 Å². The summed E-state index contributed by atoms with van der Waals surface area (Å²) in [5.41, 5.74) is 1.23. The van der Waals surface area contributed by atoms with Gasteiger partial charge in [0.05, 0.1) is 12.7 Å². The number of halogens is 4. The Kier molecular flexibility index (Phi) is 8.24. The lowest BCUT2D eigenvalue weighted by molar-refractivity contribution is -0.137. The van der Waals surface area contributed by atoms with Crippen LogP contribution in [0.5, 0.6) is 11.5 Å². The predicted molar refractivity (Wildman–Crippen MR) is 90.7 cm³/mol. The molecule has 0 unspecified atom stereocenters. The van der Waals surface area contributed by atoms with E-state index in [1.807, 2.05) is 13.0 Å². The van der Waals surface area contributed by atoms with Gasteiger partial charge in [0.2, 0.25) is 0 Å². The molecule has 2 rings (SSSR count). The van der Waals surface area contributed by atoms with Crippen LogP contribution in [0.25, 0.3) is 0 Å². The molecular weight excluding hydrogens is 367 g/mol. The summed E-state index contributed by atoms with van der Waals surface area (Å²) in [5, 5.41) is 12.9. The summed E-state index contributed by atoms with van der Waals surface area (Å²) in [4.78, 5) is 0. The van der Waals surface area contributed by atoms with Crippen LogP contribution >= 0.6 is 0 Å². The van der Waals surface area contributed by atoms with Gasteiger partial charge in [0.25, 0.3) is 0 Å². The van der Waals surface area contributed by atoms with E-state index in [2.05, 4.69) is 5.32 Å². The molecule has 0 amide bonds. The summed E-state index contributed by atoms with van der Waals surface area (Å²) < 4.78 is 42.7. The van der Waals surface area contributed by atoms with E-state index in [4.69, 9.17) is 4.74 Å². The first-order chi connectivity index (χ1) is 11.8. The number of hydrogen-bond acceptors (Lipinski definition) is 3. The molecule has 0 aliphatic carbocycles.